The van der Waals surface area contributed by atoms with Crippen molar-refractivity contribution in [1.82, 2.24) is 24.3 Å². The van der Waals surface area contributed by atoms with E-state index in [1.807, 2.05) is 115 Å². The van der Waals surface area contributed by atoms with Gasteiger partial charge in [0.05, 0.1) is 16.6 Å². The van der Waals surface area contributed by atoms with Gasteiger partial charge in [-0.2, -0.15) is 0 Å². The number of para-hydroxylation sites is 4. The lowest BCUT2D eigenvalue weighted by atomic mass is 9.97. The minimum atomic E-state index is 0.633. The van der Waals surface area contributed by atoms with Gasteiger partial charge in [0.2, 0.25) is 0 Å². The van der Waals surface area contributed by atoms with E-state index in [0.717, 1.165) is 149 Å². The lowest BCUT2D eigenvalue weighted by molar-refractivity contribution is 0.663. The van der Waals surface area contributed by atoms with Gasteiger partial charge >= 0.3 is 0 Å². The smallest absolute Gasteiger partial charge is 0.164 e. The van der Waals surface area contributed by atoms with Crippen molar-refractivity contribution in [3.63, 3.8) is 0 Å². The topological polar surface area (TPSA) is 109 Å². The number of imidazole rings is 1. The minimum absolute atomic E-state index is 0.633. The summed E-state index contributed by atoms with van der Waals surface area (Å²) in [4.78, 5) is 19.7. The molecule has 0 saturated carbocycles. The highest BCUT2D eigenvalue weighted by molar-refractivity contribution is 6.28. The van der Waals surface area contributed by atoms with Crippen LogP contribution in [0.15, 0.2) is 291 Å². The number of nitrogens with zero attached hydrogens (tertiary/aromatic N) is 5. The Morgan fingerprint density at radius 1 is 0.225 bits per heavy atom. The fourth-order valence-corrected chi connectivity index (χ4v) is 13.6. The Hall–Kier alpha value is -12.2. The second-order valence-corrected chi connectivity index (χ2v) is 22.8. The van der Waals surface area contributed by atoms with E-state index in [-0.39, 0.29) is 0 Å². The normalized spacial score (nSPS) is 12.0. The van der Waals surface area contributed by atoms with Gasteiger partial charge in [0.1, 0.15) is 50.3 Å². The molecule has 7 aromatic heterocycles. The highest BCUT2D eigenvalue weighted by atomic mass is 16.3. The second-order valence-electron chi connectivity index (χ2n) is 22.8. The SMILES string of the molecule is c1ccc(-c2nc(-c3ccccc3)nc(-c3ccc(-c4ccc5c(c4)oc4ccc6oc7ccccc7c6c45)cc3)n2)cc1.c1ccc2c(c1)ccc1c3ccc(-c4ccc5c(c4)oc4ccc6oc7ccccc7c6c45)cc3n3c4ccccc4nc3c21. The van der Waals surface area contributed by atoms with E-state index < -0.39 is 0 Å². The van der Waals surface area contributed by atoms with Crippen molar-refractivity contribution in [2.24, 2.45) is 0 Å². The van der Waals surface area contributed by atoms with Gasteiger partial charge in [-0.3, -0.25) is 4.40 Å². The number of fused-ring (bicyclic) bond motifs is 24. The third-order valence-electron chi connectivity index (χ3n) is 17.7. The maximum Gasteiger partial charge on any atom is 0.164 e. The van der Waals surface area contributed by atoms with Crippen molar-refractivity contribution in [3.05, 3.63) is 273 Å². The standard InChI is InChI=1S/C41H22N2O2.C39H23N3O2/c1-2-8-26-23(7-1)13-17-28-27-16-14-24(21-33(27)43-32-11-5-4-10-31(32)42-41(43)38(26)28)25-15-18-30-37(22-25)45-36-20-19-35-39(40(30)36)29-9-3-6-12-34(29)44-35;1-3-9-25(10-4-1)37-40-38(26-11-5-2-6-12-26)42-39(41-37)27-17-15-24(16-18-27)28-19-20-30-34(23-28)44-33-22-21-32-35(36(30)33)29-13-7-8-14-31(29)43-32/h1-22H;1-23H. The Labute approximate surface area is 505 Å². The molecule has 0 spiro atoms. The molecule has 0 fully saturated rings. The van der Waals surface area contributed by atoms with Gasteiger partial charge in [0, 0.05) is 70.6 Å². The number of hydrogen-bond acceptors (Lipinski definition) is 8. The van der Waals surface area contributed by atoms with Crippen LogP contribution in [0.3, 0.4) is 0 Å². The Morgan fingerprint density at radius 2 is 0.629 bits per heavy atom. The highest BCUT2D eigenvalue weighted by Gasteiger charge is 2.21. The molecule has 0 unspecified atom stereocenters. The average Bonchev–Trinajstić information content (AvgIpc) is 1.84. The molecule has 89 heavy (non-hydrogen) atoms. The zero-order valence-electron chi connectivity index (χ0n) is 47.3. The zero-order valence-corrected chi connectivity index (χ0v) is 47.3. The number of rotatable bonds is 5. The molecule has 9 nitrogen and oxygen atoms in total. The first-order valence-electron chi connectivity index (χ1n) is 29.7. The monoisotopic (exact) mass is 1140 g/mol. The van der Waals surface area contributed by atoms with E-state index in [0.29, 0.717) is 17.5 Å². The quantitative estimate of drug-likeness (QED) is 0.157. The summed E-state index contributed by atoms with van der Waals surface area (Å²) in [6, 6.07) is 94.0. The van der Waals surface area contributed by atoms with Crippen LogP contribution < -0.4 is 0 Å². The van der Waals surface area contributed by atoms with Gasteiger partial charge < -0.3 is 17.7 Å². The van der Waals surface area contributed by atoms with Crippen LogP contribution >= 0.6 is 0 Å². The summed E-state index contributed by atoms with van der Waals surface area (Å²) in [6.45, 7) is 0. The van der Waals surface area contributed by atoms with Crippen molar-refractivity contribution in [3.8, 4) is 56.4 Å². The lowest BCUT2D eigenvalue weighted by Crippen LogP contribution is -2.00. The number of furan rings is 4. The van der Waals surface area contributed by atoms with Crippen LogP contribution in [0.2, 0.25) is 0 Å². The molecule has 0 atom stereocenters. The van der Waals surface area contributed by atoms with Gasteiger partial charge in [0.15, 0.2) is 17.5 Å². The third kappa shape index (κ3) is 7.68. The van der Waals surface area contributed by atoms with Crippen LogP contribution in [0.5, 0.6) is 0 Å². The van der Waals surface area contributed by atoms with Gasteiger partial charge in [0.25, 0.3) is 0 Å². The summed E-state index contributed by atoms with van der Waals surface area (Å²) in [5.74, 6) is 1.93. The summed E-state index contributed by atoms with van der Waals surface area (Å²) in [6.07, 6.45) is 0. The maximum absolute atomic E-state index is 6.49. The summed E-state index contributed by atoms with van der Waals surface area (Å²) in [7, 11) is 0. The van der Waals surface area contributed by atoms with E-state index in [1.165, 1.54) is 26.9 Å². The molecular formula is C80H45N5O4. The van der Waals surface area contributed by atoms with Crippen molar-refractivity contribution < 1.29 is 17.7 Å². The minimum Gasteiger partial charge on any atom is -0.456 e. The second kappa shape index (κ2) is 19.2. The third-order valence-corrected chi connectivity index (χ3v) is 17.7. The Kier molecular flexibility index (Phi) is 10.6. The first kappa shape index (κ1) is 49.1. The molecule has 7 heterocycles. The van der Waals surface area contributed by atoms with Crippen molar-refractivity contribution >= 4 is 137 Å². The first-order chi connectivity index (χ1) is 44.1. The van der Waals surface area contributed by atoms with Crippen molar-refractivity contribution in [2.75, 3.05) is 0 Å². The van der Waals surface area contributed by atoms with Crippen LogP contribution in [0.1, 0.15) is 0 Å². The van der Waals surface area contributed by atoms with E-state index in [4.69, 9.17) is 37.6 Å². The molecule has 13 aromatic carbocycles. The molecule has 0 N–H and O–H groups in total. The van der Waals surface area contributed by atoms with Crippen molar-refractivity contribution in [1.29, 1.82) is 0 Å². The average molecular weight is 1140 g/mol. The Morgan fingerprint density at radius 3 is 1.20 bits per heavy atom. The molecule has 0 amide bonds. The number of benzene rings is 13. The highest BCUT2D eigenvalue weighted by Crippen LogP contribution is 2.44. The first-order valence-corrected chi connectivity index (χ1v) is 29.7. The molecule has 20 aromatic rings. The van der Waals surface area contributed by atoms with Crippen LogP contribution in [0, 0.1) is 0 Å². The molecule has 20 rings (SSSR count). The molecule has 9 heteroatoms. The summed E-state index contributed by atoms with van der Waals surface area (Å²) >= 11 is 0. The van der Waals surface area contributed by atoms with E-state index >= 15 is 0 Å². The molecule has 0 bridgehead atoms. The molecule has 0 aliphatic heterocycles. The molecule has 0 radical (unpaired) electrons. The lowest BCUT2D eigenvalue weighted by Gasteiger charge is -2.13. The zero-order chi connectivity index (χ0) is 58.3. The van der Waals surface area contributed by atoms with Gasteiger partial charge in [-0.25, -0.2) is 19.9 Å². The number of hydrogen-bond donors (Lipinski definition) is 0. The molecule has 414 valence electrons. The molecule has 0 saturated heterocycles. The van der Waals surface area contributed by atoms with Gasteiger partial charge in [-0.05, 0) is 117 Å². The van der Waals surface area contributed by atoms with Crippen LogP contribution in [0.25, 0.3) is 193 Å². The van der Waals surface area contributed by atoms with E-state index in [9.17, 15) is 0 Å². The summed E-state index contributed by atoms with van der Waals surface area (Å²) in [5.41, 5.74) is 18.4. The maximum atomic E-state index is 6.49. The van der Waals surface area contributed by atoms with Crippen LogP contribution in [-0.4, -0.2) is 24.3 Å². The molecular weight excluding hydrogens is 1090 g/mol. The molecule has 0 aliphatic rings. The fourth-order valence-electron chi connectivity index (χ4n) is 13.6. The summed E-state index contributed by atoms with van der Waals surface area (Å²) in [5, 5.41) is 14.8. The summed E-state index contributed by atoms with van der Waals surface area (Å²) < 4.78 is 27.5. The van der Waals surface area contributed by atoms with Gasteiger partial charge in [-0.1, -0.05) is 194 Å². The largest absolute Gasteiger partial charge is 0.456 e. The van der Waals surface area contributed by atoms with Gasteiger partial charge in [-0.15, -0.1) is 0 Å². The molecule has 0 aliphatic carbocycles. The van der Waals surface area contributed by atoms with E-state index in [2.05, 4.69) is 162 Å². The number of aromatic nitrogens is 5. The Balaban J connectivity index is 0.000000129. The van der Waals surface area contributed by atoms with Crippen molar-refractivity contribution in [2.45, 2.75) is 0 Å². The fraction of sp³-hybridized carbons (Fsp3) is 0. The predicted molar refractivity (Wildman–Crippen MR) is 361 cm³/mol. The Bertz CT molecular complexity index is 6240. The predicted octanol–water partition coefficient (Wildman–Crippen LogP) is 21.8. The van der Waals surface area contributed by atoms with Crippen LogP contribution in [0.4, 0.5) is 0 Å². The number of pyridine rings is 1. The van der Waals surface area contributed by atoms with Crippen LogP contribution in [-0.2, 0) is 0 Å². The van der Waals surface area contributed by atoms with E-state index in [1.54, 1.807) is 0 Å².